The third-order valence-electron chi connectivity index (χ3n) is 6.71. The van der Waals surface area contributed by atoms with Crippen LogP contribution in [0.2, 0.25) is 0 Å². The Bertz CT molecular complexity index is 1650. The molecule has 4 aromatic carbocycles. The van der Waals surface area contributed by atoms with Crippen molar-refractivity contribution in [3.63, 3.8) is 0 Å². The van der Waals surface area contributed by atoms with E-state index in [1.165, 1.54) is 41.4 Å². The molecule has 0 radical (unpaired) electrons. The quantitative estimate of drug-likeness (QED) is 0.198. The maximum absolute atomic E-state index is 13.3. The average molecular weight is 610 g/mol. The number of hydrazone groups is 1. The summed E-state index contributed by atoms with van der Waals surface area (Å²) in [4.78, 5) is 13.3. The Labute approximate surface area is 248 Å². The summed E-state index contributed by atoms with van der Waals surface area (Å²) < 4.78 is 75.5. The van der Waals surface area contributed by atoms with E-state index < -0.39 is 19.3 Å². The first kappa shape index (κ1) is 28.6. The van der Waals surface area contributed by atoms with Gasteiger partial charge in [0.1, 0.15) is 23.0 Å². The van der Waals surface area contributed by atoms with Gasteiger partial charge in [0.2, 0.25) is 6.79 Å². The summed E-state index contributed by atoms with van der Waals surface area (Å²) in [6.07, 6.45) is 0. The predicted molar refractivity (Wildman–Crippen MR) is 150 cm³/mol. The van der Waals surface area contributed by atoms with Crippen molar-refractivity contribution >= 4 is 17.4 Å². The second-order valence-corrected chi connectivity index (χ2v) is 9.54. The second kappa shape index (κ2) is 12.4. The van der Waals surface area contributed by atoms with E-state index in [0.717, 1.165) is 5.56 Å². The third kappa shape index (κ3) is 6.61. The molecular formula is C31H23F4N3O6. The lowest BCUT2D eigenvalue weighted by molar-refractivity contribution is -0.0505. The number of hydrogen-bond donors (Lipinski definition) is 1. The molecule has 1 atom stereocenters. The first-order valence-electron chi connectivity index (χ1n) is 13.3. The van der Waals surface area contributed by atoms with Gasteiger partial charge in [-0.3, -0.25) is 0 Å². The first-order chi connectivity index (χ1) is 21.3. The minimum atomic E-state index is -2.95. The Balaban J connectivity index is 1.16. The molecule has 0 saturated carbocycles. The number of ether oxygens (including phenoxy) is 5. The Morgan fingerprint density at radius 3 is 1.98 bits per heavy atom. The minimum Gasteiger partial charge on any atom is -0.457 e. The maximum atomic E-state index is 13.3. The number of rotatable bonds is 9. The number of urea groups is 1. The van der Waals surface area contributed by atoms with Crippen LogP contribution in [-0.2, 0) is 0 Å². The van der Waals surface area contributed by atoms with Gasteiger partial charge < -0.3 is 29.0 Å². The highest BCUT2D eigenvalue weighted by Crippen LogP contribution is 2.38. The number of anilines is 1. The van der Waals surface area contributed by atoms with Crippen LogP contribution in [0.5, 0.6) is 34.5 Å². The lowest BCUT2D eigenvalue weighted by Crippen LogP contribution is -2.30. The van der Waals surface area contributed by atoms with Crippen LogP contribution in [0.3, 0.4) is 0 Å². The van der Waals surface area contributed by atoms with Crippen LogP contribution < -0.4 is 29.0 Å². The number of hydrogen-bond acceptors (Lipinski definition) is 7. The minimum absolute atomic E-state index is 0.00164. The fourth-order valence-electron chi connectivity index (χ4n) is 4.71. The van der Waals surface area contributed by atoms with E-state index in [0.29, 0.717) is 40.0 Å². The molecule has 1 unspecified atom stereocenters. The highest BCUT2D eigenvalue weighted by molar-refractivity contribution is 6.08. The van der Waals surface area contributed by atoms with E-state index >= 15 is 0 Å². The number of carbonyl (C=O) groups is 1. The van der Waals surface area contributed by atoms with E-state index in [1.807, 2.05) is 12.1 Å². The van der Waals surface area contributed by atoms with Crippen LogP contribution in [-0.4, -0.2) is 43.3 Å². The fraction of sp³-hybridized carbons (Fsp3) is 0.161. The SMILES string of the molecule is O=C(Nc1ccc(Oc2ccc(OC(F)F)cc2)cc1)N1CC(c2ccc3c(c2)OCO3)C(c2ccc(OC(F)F)cc2)=N1. The Hall–Kier alpha value is -5.46. The smallest absolute Gasteiger partial charge is 0.387 e. The fourth-order valence-corrected chi connectivity index (χ4v) is 4.71. The van der Waals surface area contributed by atoms with Crippen molar-refractivity contribution in [1.82, 2.24) is 5.01 Å². The van der Waals surface area contributed by atoms with E-state index in [9.17, 15) is 22.4 Å². The van der Waals surface area contributed by atoms with Gasteiger partial charge in [-0.25, -0.2) is 9.80 Å². The van der Waals surface area contributed by atoms with Gasteiger partial charge in [-0.05, 0) is 96.1 Å². The van der Waals surface area contributed by atoms with E-state index in [2.05, 4.69) is 19.9 Å². The summed E-state index contributed by atoms with van der Waals surface area (Å²) in [5, 5.41) is 8.69. The van der Waals surface area contributed by atoms with Crippen LogP contribution in [0.1, 0.15) is 17.0 Å². The lowest BCUT2D eigenvalue weighted by atomic mass is 9.90. The van der Waals surface area contributed by atoms with Crippen molar-refractivity contribution in [3.05, 3.63) is 102 Å². The molecule has 0 aromatic heterocycles. The molecule has 6 rings (SSSR count). The Morgan fingerprint density at radius 2 is 1.34 bits per heavy atom. The number of carbonyl (C=O) groups excluding carboxylic acids is 1. The van der Waals surface area contributed by atoms with Gasteiger partial charge in [-0.1, -0.05) is 6.07 Å². The van der Waals surface area contributed by atoms with Crippen LogP contribution in [0, 0.1) is 0 Å². The van der Waals surface area contributed by atoms with Gasteiger partial charge in [-0.2, -0.15) is 22.7 Å². The van der Waals surface area contributed by atoms with Crippen LogP contribution >= 0.6 is 0 Å². The number of fused-ring (bicyclic) bond motifs is 1. The molecule has 0 aliphatic carbocycles. The molecule has 2 heterocycles. The van der Waals surface area contributed by atoms with Crippen LogP contribution in [0.15, 0.2) is 96.1 Å². The van der Waals surface area contributed by atoms with E-state index in [-0.39, 0.29) is 30.8 Å². The van der Waals surface area contributed by atoms with Crippen LogP contribution in [0.4, 0.5) is 28.0 Å². The summed E-state index contributed by atoms with van der Waals surface area (Å²) in [5.74, 6) is 1.70. The molecule has 2 aliphatic heterocycles. The molecule has 4 aromatic rings. The average Bonchev–Trinajstić information content (AvgIpc) is 3.66. The largest absolute Gasteiger partial charge is 0.457 e. The second-order valence-electron chi connectivity index (χ2n) is 9.54. The number of amides is 2. The van der Waals surface area contributed by atoms with Crippen molar-refractivity contribution in [3.8, 4) is 34.5 Å². The number of nitrogens with zero attached hydrogens (tertiary/aromatic N) is 2. The molecule has 13 heteroatoms. The van der Waals surface area contributed by atoms with E-state index in [1.54, 1.807) is 42.5 Å². The molecule has 2 aliphatic rings. The molecule has 9 nitrogen and oxygen atoms in total. The zero-order valence-corrected chi connectivity index (χ0v) is 22.7. The van der Waals surface area contributed by atoms with Crippen molar-refractivity contribution in [1.29, 1.82) is 0 Å². The zero-order chi connectivity index (χ0) is 30.6. The summed E-state index contributed by atoms with van der Waals surface area (Å²) in [5.41, 5.74) is 2.47. The highest BCUT2D eigenvalue weighted by Gasteiger charge is 2.33. The molecule has 0 bridgehead atoms. The standard InChI is InChI=1S/C31H23F4N3O6/c32-29(33)43-23-6-1-18(2-7-23)28-25(19-3-14-26-27(15-19)41-17-40-26)16-38(37-28)31(39)36-20-4-8-21(9-5-20)42-22-10-12-24(13-11-22)44-30(34)35/h1-15,25,29-30H,16-17H2,(H,36,39). The van der Waals surface area contributed by atoms with Gasteiger partial charge in [0.15, 0.2) is 11.5 Å². The third-order valence-corrected chi connectivity index (χ3v) is 6.71. The summed E-state index contributed by atoms with van der Waals surface area (Å²) in [7, 11) is 0. The topological polar surface area (TPSA) is 90.9 Å². The molecule has 0 fully saturated rings. The molecule has 2 amide bonds. The van der Waals surface area contributed by atoms with Gasteiger partial charge in [0, 0.05) is 11.6 Å². The number of halogens is 4. The molecule has 44 heavy (non-hydrogen) atoms. The van der Waals surface area contributed by atoms with Crippen molar-refractivity contribution in [2.45, 2.75) is 19.1 Å². The number of nitrogens with one attached hydrogen (secondary N) is 1. The van der Waals surface area contributed by atoms with Crippen molar-refractivity contribution in [2.75, 3.05) is 18.7 Å². The monoisotopic (exact) mass is 609 g/mol. The molecule has 226 valence electrons. The number of alkyl halides is 4. The normalized spacial score (nSPS) is 15.4. The highest BCUT2D eigenvalue weighted by atomic mass is 19.3. The number of benzene rings is 4. The zero-order valence-electron chi connectivity index (χ0n) is 22.7. The van der Waals surface area contributed by atoms with Gasteiger partial charge in [-0.15, -0.1) is 0 Å². The van der Waals surface area contributed by atoms with Gasteiger partial charge in [0.05, 0.1) is 12.3 Å². The Morgan fingerprint density at radius 1 is 0.773 bits per heavy atom. The Kier molecular flexibility index (Phi) is 8.08. The molecular weight excluding hydrogens is 586 g/mol. The van der Waals surface area contributed by atoms with Gasteiger partial charge >= 0.3 is 19.3 Å². The van der Waals surface area contributed by atoms with E-state index in [4.69, 9.17) is 14.2 Å². The van der Waals surface area contributed by atoms with Crippen molar-refractivity contribution < 1.29 is 46.0 Å². The molecule has 1 N–H and O–H groups in total. The molecule has 0 saturated heterocycles. The summed E-state index contributed by atoms with van der Waals surface area (Å²) in [6.45, 7) is -5.56. The maximum Gasteiger partial charge on any atom is 0.387 e. The summed E-state index contributed by atoms with van der Waals surface area (Å²) >= 11 is 0. The first-order valence-corrected chi connectivity index (χ1v) is 13.3. The lowest BCUT2D eigenvalue weighted by Gasteiger charge is -2.16. The van der Waals surface area contributed by atoms with Crippen molar-refractivity contribution in [2.24, 2.45) is 5.10 Å². The molecule has 0 spiro atoms. The predicted octanol–water partition coefficient (Wildman–Crippen LogP) is 7.45. The van der Waals surface area contributed by atoms with Crippen LogP contribution in [0.25, 0.3) is 0 Å². The van der Waals surface area contributed by atoms with Gasteiger partial charge in [0.25, 0.3) is 0 Å². The summed E-state index contributed by atoms with van der Waals surface area (Å²) in [6, 6.07) is 23.3.